The topological polar surface area (TPSA) is 60.9 Å². The highest BCUT2D eigenvalue weighted by molar-refractivity contribution is 7.10. The number of aliphatic hydroxyl groups excluding tert-OH is 1. The lowest BCUT2D eigenvalue weighted by molar-refractivity contribution is -0.139. The largest absolute Gasteiger partial charge is 0.507 e. The third kappa shape index (κ3) is 4.03. The zero-order valence-corrected chi connectivity index (χ0v) is 17.1. The molecular weight excluding hydrogens is 372 g/mol. The highest BCUT2D eigenvalue weighted by Crippen LogP contribution is 2.41. The second-order valence-electron chi connectivity index (χ2n) is 6.75. The van der Waals surface area contributed by atoms with E-state index in [1.165, 1.54) is 11.3 Å². The summed E-state index contributed by atoms with van der Waals surface area (Å²) < 4.78 is 0. The Morgan fingerprint density at radius 1 is 1.11 bits per heavy atom. The van der Waals surface area contributed by atoms with Gasteiger partial charge in [-0.25, -0.2) is 0 Å². The molecule has 0 spiro atoms. The quantitative estimate of drug-likeness (QED) is 0.416. The Morgan fingerprint density at radius 3 is 2.43 bits per heavy atom. The fraction of sp³-hybridized carbons (Fsp3) is 0.364. The number of hydrogen-bond acceptors (Lipinski definition) is 5. The molecule has 148 valence electrons. The second kappa shape index (κ2) is 9.17. The molecule has 0 radical (unpaired) electrons. The predicted molar refractivity (Wildman–Crippen MR) is 112 cm³/mol. The lowest BCUT2D eigenvalue weighted by Crippen LogP contribution is -2.33. The maximum absolute atomic E-state index is 12.8. The van der Waals surface area contributed by atoms with Crippen LogP contribution >= 0.6 is 11.3 Å². The summed E-state index contributed by atoms with van der Waals surface area (Å²) in [5.74, 6) is -1.25. The summed E-state index contributed by atoms with van der Waals surface area (Å²) >= 11 is 1.49. The number of hydrogen-bond donors (Lipinski definition) is 1. The fourth-order valence-corrected chi connectivity index (χ4v) is 4.45. The Labute approximate surface area is 169 Å². The lowest BCUT2D eigenvalue weighted by Gasteiger charge is -2.25. The van der Waals surface area contributed by atoms with Crippen molar-refractivity contribution in [2.75, 3.05) is 26.2 Å². The van der Waals surface area contributed by atoms with Crippen LogP contribution in [0.25, 0.3) is 5.76 Å². The van der Waals surface area contributed by atoms with Gasteiger partial charge in [0.05, 0.1) is 11.6 Å². The standard InChI is InChI=1S/C22H26N2O3S/c1-3-23(4-2)13-9-14-24-19(17-12-8-15-28-17)18(21(26)22(24)27)20(25)16-10-6-5-7-11-16/h5-8,10-12,15,19,25H,3-4,9,13-14H2,1-2H3. The molecule has 1 aliphatic rings. The number of thiophene rings is 1. The molecule has 3 rings (SSSR count). The molecule has 1 saturated heterocycles. The van der Waals surface area contributed by atoms with E-state index in [-0.39, 0.29) is 11.3 Å². The second-order valence-corrected chi connectivity index (χ2v) is 7.73. The molecule has 5 nitrogen and oxygen atoms in total. The lowest BCUT2D eigenvalue weighted by atomic mass is 10.00. The first kappa shape index (κ1) is 20.3. The number of Topliss-reactive ketones (excluding diaryl/α,β-unsaturated/α-hetero) is 1. The highest BCUT2D eigenvalue weighted by Gasteiger charge is 2.46. The molecule has 0 bridgehead atoms. The van der Waals surface area contributed by atoms with Crippen molar-refractivity contribution in [1.29, 1.82) is 0 Å². The van der Waals surface area contributed by atoms with Gasteiger partial charge in [0, 0.05) is 17.0 Å². The van der Waals surface area contributed by atoms with E-state index in [0.29, 0.717) is 12.1 Å². The summed E-state index contributed by atoms with van der Waals surface area (Å²) in [7, 11) is 0. The SMILES string of the molecule is CCN(CC)CCCN1C(=O)C(=O)C(=C(O)c2ccccc2)C1c1cccs1. The number of ketones is 1. The number of carbonyl (C=O) groups excluding carboxylic acids is 2. The van der Waals surface area contributed by atoms with Gasteiger partial charge in [0.1, 0.15) is 5.76 Å². The van der Waals surface area contributed by atoms with E-state index in [1.807, 2.05) is 23.6 Å². The van der Waals surface area contributed by atoms with Crippen molar-refractivity contribution in [2.45, 2.75) is 26.3 Å². The van der Waals surface area contributed by atoms with Gasteiger partial charge in [-0.1, -0.05) is 50.2 Å². The molecule has 1 amide bonds. The summed E-state index contributed by atoms with van der Waals surface area (Å²) in [6.07, 6.45) is 0.780. The Morgan fingerprint density at radius 2 is 1.82 bits per heavy atom. The molecule has 0 aliphatic carbocycles. The zero-order valence-electron chi connectivity index (χ0n) is 16.3. The number of carbonyl (C=O) groups is 2. The molecule has 1 unspecified atom stereocenters. The monoisotopic (exact) mass is 398 g/mol. The Balaban J connectivity index is 1.94. The molecule has 6 heteroatoms. The molecule has 28 heavy (non-hydrogen) atoms. The van der Waals surface area contributed by atoms with Crippen LogP contribution in [-0.4, -0.2) is 52.8 Å². The van der Waals surface area contributed by atoms with E-state index in [9.17, 15) is 14.7 Å². The third-order valence-electron chi connectivity index (χ3n) is 5.17. The first-order valence-corrected chi connectivity index (χ1v) is 10.6. The minimum Gasteiger partial charge on any atom is -0.507 e. The first-order valence-electron chi connectivity index (χ1n) is 9.68. The fourth-order valence-electron chi connectivity index (χ4n) is 3.61. The van der Waals surface area contributed by atoms with Gasteiger partial charge in [-0.05, 0) is 37.5 Å². The van der Waals surface area contributed by atoms with E-state index < -0.39 is 17.7 Å². The van der Waals surface area contributed by atoms with E-state index in [1.54, 1.807) is 29.2 Å². The molecular formula is C22H26N2O3S. The molecule has 1 aromatic heterocycles. The maximum Gasteiger partial charge on any atom is 0.295 e. The highest BCUT2D eigenvalue weighted by atomic mass is 32.1. The zero-order chi connectivity index (χ0) is 20.1. The van der Waals surface area contributed by atoms with Crippen LogP contribution in [0.15, 0.2) is 53.4 Å². The van der Waals surface area contributed by atoms with Gasteiger partial charge in [0.25, 0.3) is 11.7 Å². The van der Waals surface area contributed by atoms with Gasteiger partial charge in [0.15, 0.2) is 0 Å². The van der Waals surface area contributed by atoms with Gasteiger partial charge < -0.3 is 14.9 Å². The first-order chi connectivity index (χ1) is 13.6. The minimum atomic E-state index is -0.609. The minimum absolute atomic E-state index is 0.108. The van der Waals surface area contributed by atoms with Crippen LogP contribution in [0, 0.1) is 0 Å². The number of aliphatic hydroxyl groups is 1. The summed E-state index contributed by atoms with van der Waals surface area (Å²) in [4.78, 5) is 30.4. The van der Waals surface area contributed by atoms with Crippen molar-refractivity contribution in [1.82, 2.24) is 9.80 Å². The Bertz CT molecular complexity index is 842. The maximum atomic E-state index is 12.8. The van der Waals surface area contributed by atoms with E-state index in [0.717, 1.165) is 30.9 Å². The van der Waals surface area contributed by atoms with E-state index in [2.05, 4.69) is 18.7 Å². The van der Waals surface area contributed by atoms with E-state index in [4.69, 9.17) is 0 Å². The van der Waals surface area contributed by atoms with E-state index >= 15 is 0 Å². The van der Waals surface area contributed by atoms with Crippen LogP contribution in [0.1, 0.15) is 36.8 Å². The van der Waals surface area contributed by atoms with Crippen LogP contribution in [0.5, 0.6) is 0 Å². The van der Waals surface area contributed by atoms with Crippen molar-refractivity contribution < 1.29 is 14.7 Å². The van der Waals surface area contributed by atoms with Gasteiger partial charge in [-0.15, -0.1) is 11.3 Å². The molecule has 1 fully saturated rings. The van der Waals surface area contributed by atoms with Crippen LogP contribution in [-0.2, 0) is 9.59 Å². The normalized spacial score (nSPS) is 19.0. The van der Waals surface area contributed by atoms with Crippen molar-refractivity contribution in [3.05, 3.63) is 63.9 Å². The van der Waals surface area contributed by atoms with Crippen LogP contribution in [0.4, 0.5) is 0 Å². The van der Waals surface area contributed by atoms with Gasteiger partial charge in [-0.3, -0.25) is 9.59 Å². The molecule has 2 aromatic rings. The molecule has 1 aliphatic heterocycles. The average Bonchev–Trinajstić information content (AvgIpc) is 3.33. The van der Waals surface area contributed by atoms with Gasteiger partial charge >= 0.3 is 0 Å². The molecule has 1 aromatic carbocycles. The van der Waals surface area contributed by atoms with Crippen LogP contribution in [0.3, 0.4) is 0 Å². The van der Waals surface area contributed by atoms with Gasteiger partial charge in [0.2, 0.25) is 0 Å². The average molecular weight is 399 g/mol. The van der Waals surface area contributed by atoms with Crippen molar-refractivity contribution in [3.8, 4) is 0 Å². The molecule has 0 saturated carbocycles. The summed E-state index contributed by atoms with van der Waals surface area (Å²) in [5.41, 5.74) is 0.728. The number of amides is 1. The number of likely N-dealkylation sites (tertiary alicyclic amines) is 1. The number of benzene rings is 1. The van der Waals surface area contributed by atoms with Crippen LogP contribution < -0.4 is 0 Å². The number of rotatable bonds is 8. The third-order valence-corrected chi connectivity index (χ3v) is 6.09. The van der Waals surface area contributed by atoms with Gasteiger partial charge in [-0.2, -0.15) is 0 Å². The summed E-state index contributed by atoms with van der Waals surface area (Å²) in [6.45, 7) is 7.48. The molecule has 2 heterocycles. The van der Waals surface area contributed by atoms with Crippen molar-refractivity contribution >= 4 is 28.8 Å². The summed E-state index contributed by atoms with van der Waals surface area (Å²) in [6, 6.07) is 12.2. The van der Waals surface area contributed by atoms with Crippen LogP contribution in [0.2, 0.25) is 0 Å². The Hall–Kier alpha value is -2.44. The summed E-state index contributed by atoms with van der Waals surface area (Å²) in [5, 5.41) is 12.8. The molecule has 1 atom stereocenters. The predicted octanol–water partition coefficient (Wildman–Crippen LogP) is 3.90. The number of nitrogens with zero attached hydrogens (tertiary/aromatic N) is 2. The Kier molecular flexibility index (Phi) is 6.65. The van der Waals surface area contributed by atoms with Crippen molar-refractivity contribution in [2.24, 2.45) is 0 Å². The van der Waals surface area contributed by atoms with Crippen molar-refractivity contribution in [3.63, 3.8) is 0 Å². The smallest absolute Gasteiger partial charge is 0.295 e. The molecule has 1 N–H and O–H groups in total.